The number of halogens is 1. The van der Waals surface area contributed by atoms with Gasteiger partial charge < -0.3 is 5.11 Å². The van der Waals surface area contributed by atoms with Crippen molar-refractivity contribution in [1.82, 2.24) is 9.38 Å². The van der Waals surface area contributed by atoms with Gasteiger partial charge in [-0.2, -0.15) is 0 Å². The van der Waals surface area contributed by atoms with Crippen LogP contribution in [0.3, 0.4) is 0 Å². The van der Waals surface area contributed by atoms with Crippen LogP contribution in [0.25, 0.3) is 4.96 Å². The number of hydrogen-bond acceptors (Lipinski definition) is 3. The molecular weight excluding hydrogens is 324 g/mol. The molecule has 0 bridgehead atoms. The van der Waals surface area contributed by atoms with E-state index in [1.807, 2.05) is 40.4 Å². The first kappa shape index (κ1) is 12.8. The molecule has 3 rings (SSSR count). The van der Waals surface area contributed by atoms with Crippen molar-refractivity contribution in [3.05, 3.63) is 57.8 Å². The number of rotatable bonds is 4. The monoisotopic (exact) mass is 336 g/mol. The SMILES string of the molecule is OCC(Cc1cn2ccsc2n1)c1cccc(Br)c1. The van der Waals surface area contributed by atoms with Crippen molar-refractivity contribution >= 4 is 32.2 Å². The third kappa shape index (κ3) is 2.73. The fourth-order valence-corrected chi connectivity index (χ4v) is 3.31. The Morgan fingerprint density at radius 1 is 1.42 bits per heavy atom. The van der Waals surface area contributed by atoms with Crippen LogP contribution in [0.2, 0.25) is 0 Å². The van der Waals surface area contributed by atoms with Gasteiger partial charge in [0.2, 0.25) is 0 Å². The molecule has 0 fully saturated rings. The van der Waals surface area contributed by atoms with Crippen LogP contribution in [0.5, 0.6) is 0 Å². The number of aromatic nitrogens is 2. The lowest BCUT2D eigenvalue weighted by Crippen LogP contribution is -2.08. The highest BCUT2D eigenvalue weighted by Gasteiger charge is 2.14. The Morgan fingerprint density at radius 2 is 2.32 bits per heavy atom. The summed E-state index contributed by atoms with van der Waals surface area (Å²) in [5, 5.41) is 11.6. The van der Waals surface area contributed by atoms with Crippen LogP contribution in [0, 0.1) is 0 Å². The van der Waals surface area contributed by atoms with E-state index < -0.39 is 0 Å². The minimum absolute atomic E-state index is 0.0853. The van der Waals surface area contributed by atoms with Gasteiger partial charge in [-0.05, 0) is 17.7 Å². The lowest BCUT2D eigenvalue weighted by molar-refractivity contribution is 0.264. The van der Waals surface area contributed by atoms with E-state index in [4.69, 9.17) is 0 Å². The summed E-state index contributed by atoms with van der Waals surface area (Å²) in [6.07, 6.45) is 4.79. The molecule has 0 spiro atoms. The molecular formula is C14H13BrN2OS. The summed E-state index contributed by atoms with van der Waals surface area (Å²) in [4.78, 5) is 5.57. The van der Waals surface area contributed by atoms with Gasteiger partial charge in [0.1, 0.15) is 0 Å². The molecule has 0 amide bonds. The lowest BCUT2D eigenvalue weighted by atomic mass is 9.95. The minimum atomic E-state index is 0.0853. The molecule has 2 heterocycles. The molecule has 5 heteroatoms. The summed E-state index contributed by atoms with van der Waals surface area (Å²) in [5.41, 5.74) is 2.15. The molecule has 1 aromatic carbocycles. The van der Waals surface area contributed by atoms with Gasteiger partial charge in [0.25, 0.3) is 0 Å². The number of aliphatic hydroxyl groups is 1. The minimum Gasteiger partial charge on any atom is -0.396 e. The molecule has 1 unspecified atom stereocenters. The third-order valence-electron chi connectivity index (χ3n) is 3.14. The predicted octanol–water partition coefficient (Wildman–Crippen LogP) is 3.48. The van der Waals surface area contributed by atoms with Crippen LogP contribution in [-0.4, -0.2) is 21.1 Å². The number of thiazole rings is 1. The second-order valence-corrected chi connectivity index (χ2v) is 6.25. The van der Waals surface area contributed by atoms with Crippen molar-refractivity contribution < 1.29 is 5.11 Å². The summed E-state index contributed by atoms with van der Waals surface area (Å²) in [7, 11) is 0. The number of aliphatic hydroxyl groups excluding tert-OH is 1. The van der Waals surface area contributed by atoms with Gasteiger partial charge >= 0.3 is 0 Å². The Labute approximate surface area is 123 Å². The fraction of sp³-hybridized carbons (Fsp3) is 0.214. The van der Waals surface area contributed by atoms with Crippen molar-refractivity contribution in [2.45, 2.75) is 12.3 Å². The van der Waals surface area contributed by atoms with Gasteiger partial charge in [0, 0.05) is 34.6 Å². The normalized spacial score (nSPS) is 12.9. The molecule has 3 aromatic rings. The van der Waals surface area contributed by atoms with Crippen LogP contribution >= 0.6 is 27.3 Å². The van der Waals surface area contributed by atoms with Crippen LogP contribution in [0.15, 0.2) is 46.5 Å². The van der Waals surface area contributed by atoms with E-state index in [2.05, 4.69) is 27.0 Å². The molecule has 3 nitrogen and oxygen atoms in total. The van der Waals surface area contributed by atoms with Crippen LogP contribution in [-0.2, 0) is 6.42 Å². The highest BCUT2D eigenvalue weighted by atomic mass is 79.9. The zero-order valence-corrected chi connectivity index (χ0v) is 12.6. The lowest BCUT2D eigenvalue weighted by Gasteiger charge is -2.13. The molecule has 2 aromatic heterocycles. The summed E-state index contributed by atoms with van der Waals surface area (Å²) in [6, 6.07) is 8.09. The summed E-state index contributed by atoms with van der Waals surface area (Å²) in [5.74, 6) is 0.0853. The Hall–Kier alpha value is -1.17. The fourth-order valence-electron chi connectivity index (χ4n) is 2.18. The van der Waals surface area contributed by atoms with E-state index in [-0.39, 0.29) is 12.5 Å². The van der Waals surface area contributed by atoms with E-state index in [1.165, 1.54) is 0 Å². The molecule has 98 valence electrons. The molecule has 0 radical (unpaired) electrons. The van der Waals surface area contributed by atoms with Gasteiger partial charge in [-0.1, -0.05) is 28.1 Å². The van der Waals surface area contributed by atoms with Gasteiger partial charge in [-0.25, -0.2) is 4.98 Å². The van der Waals surface area contributed by atoms with Crippen molar-refractivity contribution in [3.63, 3.8) is 0 Å². The van der Waals surface area contributed by atoms with Crippen molar-refractivity contribution in [2.75, 3.05) is 6.61 Å². The molecule has 0 saturated carbocycles. The number of hydrogen-bond donors (Lipinski definition) is 1. The summed E-state index contributed by atoms with van der Waals surface area (Å²) in [6.45, 7) is 0.127. The van der Waals surface area contributed by atoms with Gasteiger partial charge in [0.05, 0.1) is 12.3 Å². The van der Waals surface area contributed by atoms with E-state index in [9.17, 15) is 5.11 Å². The van der Waals surface area contributed by atoms with Crippen LogP contribution < -0.4 is 0 Å². The highest BCUT2D eigenvalue weighted by Crippen LogP contribution is 2.24. The van der Waals surface area contributed by atoms with Gasteiger partial charge in [-0.15, -0.1) is 11.3 Å². The van der Waals surface area contributed by atoms with E-state index in [1.54, 1.807) is 11.3 Å². The zero-order valence-electron chi connectivity index (χ0n) is 10.2. The molecule has 0 aliphatic rings. The quantitative estimate of drug-likeness (QED) is 0.791. The van der Waals surface area contributed by atoms with Crippen LogP contribution in [0.4, 0.5) is 0 Å². The summed E-state index contributed by atoms with van der Waals surface area (Å²) < 4.78 is 3.06. The molecule has 0 aliphatic carbocycles. The number of fused-ring (bicyclic) bond motifs is 1. The molecule has 0 aliphatic heterocycles. The molecule has 1 atom stereocenters. The zero-order chi connectivity index (χ0) is 13.2. The Morgan fingerprint density at radius 3 is 3.05 bits per heavy atom. The van der Waals surface area contributed by atoms with E-state index >= 15 is 0 Å². The van der Waals surface area contributed by atoms with Crippen molar-refractivity contribution in [3.8, 4) is 0 Å². The first-order valence-electron chi connectivity index (χ1n) is 6.03. The number of benzene rings is 1. The maximum Gasteiger partial charge on any atom is 0.193 e. The topological polar surface area (TPSA) is 37.5 Å². The average molecular weight is 337 g/mol. The number of imidazole rings is 1. The van der Waals surface area contributed by atoms with E-state index in [0.717, 1.165) is 27.1 Å². The highest BCUT2D eigenvalue weighted by molar-refractivity contribution is 9.10. The van der Waals surface area contributed by atoms with Gasteiger partial charge in [-0.3, -0.25) is 4.40 Å². The molecule has 0 saturated heterocycles. The average Bonchev–Trinajstić information content (AvgIpc) is 2.96. The molecule has 1 N–H and O–H groups in total. The third-order valence-corrected chi connectivity index (χ3v) is 4.40. The largest absolute Gasteiger partial charge is 0.396 e. The predicted molar refractivity (Wildman–Crippen MR) is 80.7 cm³/mol. The Balaban J connectivity index is 1.85. The number of nitrogens with zero attached hydrogens (tertiary/aromatic N) is 2. The van der Waals surface area contributed by atoms with Crippen molar-refractivity contribution in [2.24, 2.45) is 0 Å². The van der Waals surface area contributed by atoms with Crippen LogP contribution in [0.1, 0.15) is 17.2 Å². The van der Waals surface area contributed by atoms with Crippen molar-refractivity contribution in [1.29, 1.82) is 0 Å². The first-order valence-corrected chi connectivity index (χ1v) is 7.71. The van der Waals surface area contributed by atoms with E-state index in [0.29, 0.717) is 0 Å². The second-order valence-electron chi connectivity index (χ2n) is 4.46. The maximum absolute atomic E-state index is 9.61. The Bertz CT molecular complexity index is 663. The second kappa shape index (κ2) is 5.45. The standard InChI is InChI=1S/C14H13BrN2OS/c15-12-3-1-2-10(6-12)11(9-18)7-13-8-17-4-5-19-14(17)16-13/h1-6,8,11,18H,7,9H2. The Kier molecular flexibility index (Phi) is 3.68. The van der Waals surface area contributed by atoms with Gasteiger partial charge in [0.15, 0.2) is 4.96 Å². The maximum atomic E-state index is 9.61. The first-order chi connectivity index (χ1) is 9.26. The summed E-state index contributed by atoms with van der Waals surface area (Å²) >= 11 is 5.09. The smallest absolute Gasteiger partial charge is 0.193 e. The molecule has 19 heavy (non-hydrogen) atoms.